The van der Waals surface area contributed by atoms with Gasteiger partial charge < -0.3 is 10.2 Å². The van der Waals surface area contributed by atoms with E-state index in [1.54, 1.807) is 4.90 Å². The number of hydrogen-bond acceptors (Lipinski definition) is 2. The Bertz CT molecular complexity index is 728. The van der Waals surface area contributed by atoms with Gasteiger partial charge in [-0.1, -0.05) is 55.1 Å². The van der Waals surface area contributed by atoms with Crippen molar-refractivity contribution in [3.8, 4) is 0 Å². The average molecular weight is 320 g/mol. The van der Waals surface area contributed by atoms with Crippen molar-refractivity contribution in [3.05, 3.63) is 78.9 Å². The molecule has 3 rings (SSSR count). The van der Waals surface area contributed by atoms with Crippen LogP contribution in [0, 0.1) is 5.92 Å². The second-order valence-corrected chi connectivity index (χ2v) is 5.84. The van der Waals surface area contributed by atoms with Crippen LogP contribution in [0.25, 0.3) is 0 Å². The molecule has 122 valence electrons. The van der Waals surface area contributed by atoms with Gasteiger partial charge in [0.05, 0.1) is 12.0 Å². The smallest absolute Gasteiger partial charge is 0.246 e. The van der Waals surface area contributed by atoms with E-state index in [4.69, 9.17) is 0 Å². The van der Waals surface area contributed by atoms with Gasteiger partial charge in [0.2, 0.25) is 11.8 Å². The van der Waals surface area contributed by atoms with E-state index in [2.05, 4.69) is 11.9 Å². The summed E-state index contributed by atoms with van der Waals surface area (Å²) in [5, 5.41) is 2.96. The fourth-order valence-electron chi connectivity index (χ4n) is 3.25. The predicted octanol–water partition coefficient (Wildman–Crippen LogP) is 3.40. The Morgan fingerprint density at radius 1 is 1.04 bits per heavy atom. The number of carbonyl (C=O) groups is 2. The topological polar surface area (TPSA) is 49.4 Å². The van der Waals surface area contributed by atoms with Crippen LogP contribution in [0.1, 0.15) is 18.0 Å². The van der Waals surface area contributed by atoms with Gasteiger partial charge in [-0.2, -0.15) is 0 Å². The summed E-state index contributed by atoms with van der Waals surface area (Å²) in [7, 11) is 0. The molecule has 1 N–H and O–H groups in total. The van der Waals surface area contributed by atoms with Crippen LogP contribution in [-0.4, -0.2) is 23.3 Å². The lowest BCUT2D eigenvalue weighted by atomic mass is 9.92. The number of amides is 2. The molecular weight excluding hydrogens is 300 g/mol. The molecule has 0 saturated carbocycles. The predicted molar refractivity (Wildman–Crippen MR) is 94.3 cm³/mol. The first kappa shape index (κ1) is 16.0. The normalized spacial score (nSPS) is 19.8. The van der Waals surface area contributed by atoms with Crippen molar-refractivity contribution in [2.45, 2.75) is 12.5 Å². The Balaban J connectivity index is 1.87. The highest BCUT2D eigenvalue weighted by Gasteiger charge is 2.41. The first-order chi connectivity index (χ1) is 11.7. The summed E-state index contributed by atoms with van der Waals surface area (Å²) < 4.78 is 0. The zero-order valence-corrected chi connectivity index (χ0v) is 13.4. The van der Waals surface area contributed by atoms with Gasteiger partial charge in [0.1, 0.15) is 0 Å². The average Bonchev–Trinajstić information content (AvgIpc) is 3.08. The van der Waals surface area contributed by atoms with Gasteiger partial charge in [-0.25, -0.2) is 0 Å². The van der Waals surface area contributed by atoms with Crippen molar-refractivity contribution in [3.63, 3.8) is 0 Å². The molecule has 2 aromatic carbocycles. The maximum Gasteiger partial charge on any atom is 0.246 e. The number of nitrogens with zero attached hydrogens (tertiary/aromatic N) is 1. The van der Waals surface area contributed by atoms with Crippen LogP contribution in [-0.2, 0) is 9.59 Å². The van der Waals surface area contributed by atoms with Crippen molar-refractivity contribution >= 4 is 17.5 Å². The number of rotatable bonds is 4. The number of para-hydroxylation sites is 1. The third kappa shape index (κ3) is 3.23. The molecule has 1 aliphatic rings. The van der Waals surface area contributed by atoms with E-state index in [0.717, 1.165) is 11.3 Å². The fraction of sp³-hybridized carbons (Fsp3) is 0.200. The van der Waals surface area contributed by atoms with E-state index < -0.39 is 0 Å². The van der Waals surface area contributed by atoms with Crippen molar-refractivity contribution < 1.29 is 9.59 Å². The van der Waals surface area contributed by atoms with Gasteiger partial charge in [0, 0.05) is 12.2 Å². The summed E-state index contributed by atoms with van der Waals surface area (Å²) in [6, 6.07) is 18.8. The highest BCUT2D eigenvalue weighted by atomic mass is 16.2. The molecule has 4 heteroatoms. The van der Waals surface area contributed by atoms with Crippen molar-refractivity contribution in [2.75, 3.05) is 11.9 Å². The van der Waals surface area contributed by atoms with Crippen LogP contribution in [0.3, 0.4) is 0 Å². The largest absolute Gasteiger partial charge is 0.331 e. The third-order valence-electron chi connectivity index (χ3n) is 4.37. The third-order valence-corrected chi connectivity index (χ3v) is 4.37. The first-order valence-corrected chi connectivity index (χ1v) is 8.04. The SMILES string of the molecule is C=CC(=O)N1CC[C@H](C(=O)Nc2ccccc2)[C@H]1c1ccccc1. The Morgan fingerprint density at radius 3 is 2.29 bits per heavy atom. The number of benzene rings is 2. The lowest BCUT2D eigenvalue weighted by molar-refractivity contribution is -0.128. The maximum absolute atomic E-state index is 12.8. The van der Waals surface area contributed by atoms with Crippen LogP contribution in [0.4, 0.5) is 5.69 Å². The van der Waals surface area contributed by atoms with Gasteiger partial charge in [-0.15, -0.1) is 0 Å². The Kier molecular flexibility index (Phi) is 4.75. The van der Waals surface area contributed by atoms with Crippen LogP contribution >= 0.6 is 0 Å². The van der Waals surface area contributed by atoms with E-state index in [1.807, 2.05) is 60.7 Å². The lowest BCUT2D eigenvalue weighted by Crippen LogP contribution is -2.34. The minimum Gasteiger partial charge on any atom is -0.331 e. The molecule has 2 aromatic rings. The Labute approximate surface area is 141 Å². The maximum atomic E-state index is 12.8. The van der Waals surface area contributed by atoms with Crippen molar-refractivity contribution in [1.82, 2.24) is 4.90 Å². The van der Waals surface area contributed by atoms with Crippen LogP contribution in [0.2, 0.25) is 0 Å². The van der Waals surface area contributed by atoms with Crippen molar-refractivity contribution in [2.24, 2.45) is 5.92 Å². The first-order valence-electron chi connectivity index (χ1n) is 8.04. The molecule has 1 fully saturated rings. The fourth-order valence-corrected chi connectivity index (χ4v) is 3.25. The lowest BCUT2D eigenvalue weighted by Gasteiger charge is -2.27. The van der Waals surface area contributed by atoms with Crippen LogP contribution in [0.5, 0.6) is 0 Å². The zero-order chi connectivity index (χ0) is 16.9. The minimum atomic E-state index is -0.281. The molecule has 0 unspecified atom stereocenters. The highest BCUT2D eigenvalue weighted by Crippen LogP contribution is 2.38. The van der Waals surface area contributed by atoms with Gasteiger partial charge >= 0.3 is 0 Å². The second kappa shape index (κ2) is 7.13. The molecule has 1 saturated heterocycles. The van der Waals surface area contributed by atoms with E-state index in [-0.39, 0.29) is 23.8 Å². The Morgan fingerprint density at radius 2 is 1.67 bits per heavy atom. The molecule has 4 nitrogen and oxygen atoms in total. The molecule has 24 heavy (non-hydrogen) atoms. The number of anilines is 1. The number of likely N-dealkylation sites (tertiary alicyclic amines) is 1. The molecule has 1 heterocycles. The van der Waals surface area contributed by atoms with Gasteiger partial charge in [0.25, 0.3) is 0 Å². The molecule has 2 amide bonds. The quantitative estimate of drug-likeness (QED) is 0.878. The highest BCUT2D eigenvalue weighted by molar-refractivity contribution is 5.95. The molecule has 0 bridgehead atoms. The molecule has 0 aliphatic carbocycles. The summed E-state index contributed by atoms with van der Waals surface area (Å²) in [4.78, 5) is 26.7. The molecule has 0 aromatic heterocycles. The van der Waals surface area contributed by atoms with E-state index in [9.17, 15) is 9.59 Å². The zero-order valence-electron chi connectivity index (χ0n) is 13.4. The molecule has 2 atom stereocenters. The van der Waals surface area contributed by atoms with Gasteiger partial charge in [-0.3, -0.25) is 9.59 Å². The standard InChI is InChI=1S/C20H20N2O2/c1-2-18(23)22-14-13-17(19(22)15-9-5-3-6-10-15)20(24)21-16-11-7-4-8-12-16/h2-12,17,19H,1,13-14H2,(H,21,24)/t17-,19+/m0/s1. The van der Waals surface area contributed by atoms with E-state index in [0.29, 0.717) is 13.0 Å². The number of hydrogen-bond donors (Lipinski definition) is 1. The van der Waals surface area contributed by atoms with Crippen molar-refractivity contribution in [1.29, 1.82) is 0 Å². The molecule has 0 spiro atoms. The number of nitrogens with one attached hydrogen (secondary N) is 1. The minimum absolute atomic E-state index is 0.0607. The summed E-state index contributed by atoms with van der Waals surface area (Å²) >= 11 is 0. The summed E-state index contributed by atoms with van der Waals surface area (Å²) in [5.41, 5.74) is 1.74. The second-order valence-electron chi connectivity index (χ2n) is 5.84. The van der Waals surface area contributed by atoms with Crippen LogP contribution in [0.15, 0.2) is 73.3 Å². The van der Waals surface area contributed by atoms with E-state index >= 15 is 0 Å². The monoisotopic (exact) mass is 320 g/mol. The molecule has 0 radical (unpaired) electrons. The molecular formula is C20H20N2O2. The Hall–Kier alpha value is -2.88. The van der Waals surface area contributed by atoms with Crippen LogP contribution < -0.4 is 5.32 Å². The van der Waals surface area contributed by atoms with E-state index in [1.165, 1.54) is 6.08 Å². The van der Waals surface area contributed by atoms with Gasteiger partial charge in [-0.05, 0) is 30.2 Å². The molecule has 1 aliphatic heterocycles. The van der Waals surface area contributed by atoms with Gasteiger partial charge in [0.15, 0.2) is 0 Å². The number of carbonyl (C=O) groups excluding carboxylic acids is 2. The summed E-state index contributed by atoms with van der Waals surface area (Å²) in [6.45, 7) is 4.13. The summed E-state index contributed by atoms with van der Waals surface area (Å²) in [6.07, 6.45) is 1.95. The summed E-state index contributed by atoms with van der Waals surface area (Å²) in [5.74, 6) is -0.482.